The van der Waals surface area contributed by atoms with Gasteiger partial charge in [0.1, 0.15) is 5.82 Å². The summed E-state index contributed by atoms with van der Waals surface area (Å²) in [5, 5.41) is 15.5. The molecule has 28 heavy (non-hydrogen) atoms. The van der Waals surface area contributed by atoms with Gasteiger partial charge >= 0.3 is 5.97 Å². The fourth-order valence-electron chi connectivity index (χ4n) is 2.53. The Kier molecular flexibility index (Phi) is 6.00. The third kappa shape index (κ3) is 4.52. The average molecular weight is 395 g/mol. The lowest BCUT2D eigenvalue weighted by Gasteiger charge is -2.20. The lowest BCUT2D eigenvalue weighted by Crippen LogP contribution is -2.09. The van der Waals surface area contributed by atoms with Gasteiger partial charge in [0.15, 0.2) is 0 Å². The number of aromatic carboxylic acids is 1. The van der Waals surface area contributed by atoms with Crippen LogP contribution in [-0.2, 0) is 0 Å². The molecule has 0 fully saturated rings. The molecule has 3 aromatic rings. The van der Waals surface area contributed by atoms with Gasteiger partial charge in [-0.1, -0.05) is 24.1 Å². The molecule has 0 aliphatic carbocycles. The fraction of sp³-hybridized carbons (Fsp3) is 0.150. The second kappa shape index (κ2) is 8.62. The first kappa shape index (κ1) is 19.5. The van der Waals surface area contributed by atoms with Gasteiger partial charge in [-0.15, -0.1) is 0 Å². The molecule has 0 unspecified atom stereocenters. The molecule has 0 saturated heterocycles. The van der Waals surface area contributed by atoms with Crippen molar-refractivity contribution in [2.75, 3.05) is 28.2 Å². The van der Waals surface area contributed by atoms with E-state index >= 15 is 0 Å². The molecule has 8 heteroatoms. The normalized spacial score (nSPS) is 10.4. The number of aromatic nitrogens is 2. The highest BCUT2D eigenvalue weighted by molar-refractivity contribution is 7.99. The number of aryl methyl sites for hydroxylation is 1. The SMILES string of the molecule is CSN(C)c1ccccc1Nc1nc(Nc2ccc(C(=O)O)cc2)ncc1C. The van der Waals surface area contributed by atoms with Crippen LogP contribution in [0.4, 0.5) is 28.8 Å². The van der Waals surface area contributed by atoms with Crippen molar-refractivity contribution in [2.45, 2.75) is 6.92 Å². The summed E-state index contributed by atoms with van der Waals surface area (Å²) in [5.74, 6) is 0.159. The number of nitrogens with one attached hydrogen (secondary N) is 2. The summed E-state index contributed by atoms with van der Waals surface area (Å²) in [6.07, 6.45) is 3.76. The van der Waals surface area contributed by atoms with Gasteiger partial charge in [0.05, 0.1) is 16.9 Å². The first-order valence-electron chi connectivity index (χ1n) is 8.56. The Hall–Kier alpha value is -3.26. The van der Waals surface area contributed by atoms with Crippen LogP contribution >= 0.6 is 11.9 Å². The van der Waals surface area contributed by atoms with Crippen molar-refractivity contribution >= 4 is 46.7 Å². The number of benzene rings is 2. The largest absolute Gasteiger partial charge is 0.478 e. The summed E-state index contributed by atoms with van der Waals surface area (Å²) in [4.78, 5) is 19.9. The van der Waals surface area contributed by atoms with Gasteiger partial charge in [0, 0.05) is 30.8 Å². The van der Waals surface area contributed by atoms with Crippen LogP contribution in [-0.4, -0.2) is 34.3 Å². The van der Waals surface area contributed by atoms with Crippen molar-refractivity contribution in [1.82, 2.24) is 9.97 Å². The van der Waals surface area contributed by atoms with Crippen molar-refractivity contribution < 1.29 is 9.90 Å². The molecule has 0 saturated carbocycles. The highest BCUT2D eigenvalue weighted by Crippen LogP contribution is 2.31. The molecule has 0 aliphatic rings. The van der Waals surface area contributed by atoms with Crippen molar-refractivity contribution in [1.29, 1.82) is 0 Å². The summed E-state index contributed by atoms with van der Waals surface area (Å²) < 4.78 is 2.07. The summed E-state index contributed by atoms with van der Waals surface area (Å²) in [7, 11) is 2.01. The van der Waals surface area contributed by atoms with Gasteiger partial charge in [-0.2, -0.15) is 4.98 Å². The Labute approximate surface area is 168 Å². The van der Waals surface area contributed by atoms with E-state index in [1.807, 2.05) is 44.5 Å². The van der Waals surface area contributed by atoms with Crippen LogP contribution in [0.15, 0.2) is 54.7 Å². The summed E-state index contributed by atoms with van der Waals surface area (Å²) in [5.41, 5.74) is 3.84. The van der Waals surface area contributed by atoms with Crippen molar-refractivity contribution in [3.63, 3.8) is 0 Å². The standard InChI is InChI=1S/C20H21N5O2S/c1-13-12-21-20(22-15-10-8-14(9-11-15)19(26)27)24-18(13)23-16-6-4-5-7-17(16)25(2)28-3/h4-12H,1-3H3,(H,26,27)(H2,21,22,23,24). The number of carboxylic acid groups (broad SMARTS) is 1. The van der Waals surface area contributed by atoms with Crippen LogP contribution in [0.25, 0.3) is 0 Å². The van der Waals surface area contributed by atoms with E-state index in [4.69, 9.17) is 5.11 Å². The zero-order chi connectivity index (χ0) is 20.1. The molecule has 144 valence electrons. The molecule has 0 radical (unpaired) electrons. The van der Waals surface area contributed by atoms with E-state index in [9.17, 15) is 4.79 Å². The highest BCUT2D eigenvalue weighted by Gasteiger charge is 2.10. The number of rotatable bonds is 7. The lowest BCUT2D eigenvalue weighted by atomic mass is 10.2. The fourth-order valence-corrected chi connectivity index (χ4v) is 2.89. The van der Waals surface area contributed by atoms with E-state index in [1.54, 1.807) is 30.3 Å². The monoisotopic (exact) mass is 395 g/mol. The Morgan fingerprint density at radius 2 is 1.82 bits per heavy atom. The molecule has 7 nitrogen and oxygen atoms in total. The predicted molar refractivity (Wildman–Crippen MR) is 115 cm³/mol. The van der Waals surface area contributed by atoms with E-state index in [2.05, 4.69) is 24.9 Å². The van der Waals surface area contributed by atoms with E-state index < -0.39 is 5.97 Å². The maximum atomic E-state index is 11.0. The first-order chi connectivity index (χ1) is 13.5. The topological polar surface area (TPSA) is 90.4 Å². The Morgan fingerprint density at radius 3 is 2.50 bits per heavy atom. The summed E-state index contributed by atoms with van der Waals surface area (Å²) in [6.45, 7) is 1.94. The smallest absolute Gasteiger partial charge is 0.335 e. The van der Waals surface area contributed by atoms with Crippen LogP contribution in [0.1, 0.15) is 15.9 Å². The Balaban J connectivity index is 1.83. The van der Waals surface area contributed by atoms with Crippen LogP contribution in [0.3, 0.4) is 0 Å². The molecule has 0 aliphatic heterocycles. The predicted octanol–water partition coefficient (Wildman–Crippen LogP) is 4.68. The zero-order valence-electron chi connectivity index (χ0n) is 15.8. The molecule has 3 N–H and O–H groups in total. The van der Waals surface area contributed by atoms with Gasteiger partial charge in [-0.3, -0.25) is 0 Å². The van der Waals surface area contributed by atoms with Crippen molar-refractivity contribution in [3.05, 3.63) is 65.9 Å². The number of para-hydroxylation sites is 2. The lowest BCUT2D eigenvalue weighted by molar-refractivity contribution is 0.0697. The van der Waals surface area contributed by atoms with Crippen molar-refractivity contribution in [3.8, 4) is 0 Å². The number of nitrogens with zero attached hydrogens (tertiary/aromatic N) is 3. The molecule has 0 amide bonds. The Bertz CT molecular complexity index is 979. The first-order valence-corrected chi connectivity index (χ1v) is 9.74. The minimum absolute atomic E-state index is 0.229. The number of carboxylic acids is 1. The van der Waals surface area contributed by atoms with Gasteiger partial charge in [-0.25, -0.2) is 9.78 Å². The second-order valence-electron chi connectivity index (χ2n) is 6.05. The van der Waals surface area contributed by atoms with Gasteiger partial charge in [-0.05, 0) is 43.3 Å². The minimum Gasteiger partial charge on any atom is -0.478 e. The van der Waals surface area contributed by atoms with Crippen LogP contribution in [0.5, 0.6) is 0 Å². The van der Waals surface area contributed by atoms with E-state index in [1.165, 1.54) is 12.1 Å². The van der Waals surface area contributed by atoms with Crippen molar-refractivity contribution in [2.24, 2.45) is 0 Å². The van der Waals surface area contributed by atoms with Gasteiger partial charge in [0.25, 0.3) is 0 Å². The molecule has 2 aromatic carbocycles. The molecule has 1 aromatic heterocycles. The molecular formula is C20H21N5O2S. The maximum absolute atomic E-state index is 11.0. The maximum Gasteiger partial charge on any atom is 0.335 e. The second-order valence-corrected chi connectivity index (χ2v) is 6.97. The summed E-state index contributed by atoms with van der Waals surface area (Å²) in [6, 6.07) is 14.4. The van der Waals surface area contributed by atoms with Gasteiger partial charge in [0.2, 0.25) is 5.95 Å². The van der Waals surface area contributed by atoms with Crippen LogP contribution in [0.2, 0.25) is 0 Å². The zero-order valence-corrected chi connectivity index (χ0v) is 16.6. The van der Waals surface area contributed by atoms with Crippen LogP contribution < -0.4 is 14.9 Å². The third-order valence-electron chi connectivity index (χ3n) is 4.13. The highest BCUT2D eigenvalue weighted by atomic mass is 32.2. The number of hydrogen-bond acceptors (Lipinski definition) is 7. The molecule has 0 bridgehead atoms. The minimum atomic E-state index is -0.960. The molecular weight excluding hydrogens is 374 g/mol. The van der Waals surface area contributed by atoms with E-state index in [0.717, 1.165) is 16.9 Å². The van der Waals surface area contributed by atoms with E-state index in [0.29, 0.717) is 17.5 Å². The molecule has 0 atom stereocenters. The van der Waals surface area contributed by atoms with Gasteiger partial charge < -0.3 is 20.0 Å². The number of anilines is 5. The number of carbonyl (C=O) groups is 1. The third-order valence-corrected chi connectivity index (χ3v) is 4.87. The molecule has 1 heterocycles. The summed E-state index contributed by atoms with van der Waals surface area (Å²) >= 11 is 1.62. The average Bonchev–Trinajstić information content (AvgIpc) is 2.70. The van der Waals surface area contributed by atoms with E-state index in [-0.39, 0.29) is 5.56 Å². The van der Waals surface area contributed by atoms with Crippen LogP contribution in [0, 0.1) is 6.92 Å². The molecule has 0 spiro atoms. The quantitative estimate of drug-likeness (QED) is 0.497. The molecule has 3 rings (SSSR count). The Morgan fingerprint density at radius 1 is 1.11 bits per heavy atom. The number of hydrogen-bond donors (Lipinski definition) is 3.